The first-order chi connectivity index (χ1) is 8.15. The molecule has 0 heterocycles. The van der Waals surface area contributed by atoms with Gasteiger partial charge in [0.2, 0.25) is 0 Å². The predicted octanol–water partition coefficient (Wildman–Crippen LogP) is 4.33. The molecule has 92 valence electrons. The lowest BCUT2D eigenvalue weighted by atomic mass is 9.74. The number of carbonyl (C=O) groups is 1. The number of rotatable bonds is 3. The summed E-state index contributed by atoms with van der Waals surface area (Å²) in [6, 6.07) is 9.70. The van der Waals surface area contributed by atoms with Gasteiger partial charge in [0.05, 0.1) is 0 Å². The van der Waals surface area contributed by atoms with E-state index in [2.05, 4.69) is 13.8 Å². The summed E-state index contributed by atoms with van der Waals surface area (Å²) in [5.41, 5.74) is 0.873. The molecular formula is C16H22O. The van der Waals surface area contributed by atoms with Crippen molar-refractivity contribution < 1.29 is 4.79 Å². The summed E-state index contributed by atoms with van der Waals surface area (Å²) in [4.78, 5) is 12.1. The largest absolute Gasteiger partial charge is 0.294 e. The second-order valence-corrected chi connectivity index (χ2v) is 5.78. The van der Waals surface area contributed by atoms with Gasteiger partial charge in [-0.3, -0.25) is 4.79 Å². The Balaban J connectivity index is 1.95. The van der Waals surface area contributed by atoms with Gasteiger partial charge in [0.15, 0.2) is 5.78 Å². The van der Waals surface area contributed by atoms with Crippen LogP contribution in [0.4, 0.5) is 0 Å². The molecule has 0 N–H and O–H groups in total. The minimum atomic E-state index is 0.317. The summed E-state index contributed by atoms with van der Waals surface area (Å²) in [5.74, 6) is 2.48. The molecule has 2 rings (SSSR count). The maximum atomic E-state index is 12.1. The molecule has 0 bridgehead atoms. The van der Waals surface area contributed by atoms with Crippen molar-refractivity contribution in [3.05, 3.63) is 35.9 Å². The van der Waals surface area contributed by atoms with E-state index in [1.165, 1.54) is 19.3 Å². The molecule has 1 fully saturated rings. The van der Waals surface area contributed by atoms with Crippen LogP contribution < -0.4 is 0 Å². The third kappa shape index (κ3) is 3.42. The summed E-state index contributed by atoms with van der Waals surface area (Å²) in [5, 5.41) is 0. The van der Waals surface area contributed by atoms with E-state index in [1.807, 2.05) is 30.3 Å². The average molecular weight is 230 g/mol. The lowest BCUT2D eigenvalue weighted by Crippen LogP contribution is -2.21. The zero-order valence-electron chi connectivity index (χ0n) is 10.9. The van der Waals surface area contributed by atoms with Crippen LogP contribution >= 0.6 is 0 Å². The van der Waals surface area contributed by atoms with Gasteiger partial charge in [-0.05, 0) is 37.0 Å². The predicted molar refractivity (Wildman–Crippen MR) is 71.1 cm³/mol. The third-order valence-corrected chi connectivity index (χ3v) is 3.85. The van der Waals surface area contributed by atoms with E-state index in [0.717, 1.165) is 23.8 Å². The van der Waals surface area contributed by atoms with Crippen LogP contribution in [-0.4, -0.2) is 5.78 Å². The third-order valence-electron chi connectivity index (χ3n) is 3.85. The Hall–Kier alpha value is -1.11. The Kier molecular flexibility index (Phi) is 3.98. The van der Waals surface area contributed by atoms with Gasteiger partial charge in [0.1, 0.15) is 0 Å². The Morgan fingerprint density at radius 3 is 2.24 bits per heavy atom. The Labute approximate surface area is 104 Å². The van der Waals surface area contributed by atoms with Crippen molar-refractivity contribution in [1.82, 2.24) is 0 Å². The fourth-order valence-corrected chi connectivity index (χ4v) is 3.28. The zero-order chi connectivity index (χ0) is 12.3. The Bertz CT molecular complexity index is 358. The van der Waals surface area contributed by atoms with E-state index in [1.54, 1.807) is 0 Å². The first-order valence-electron chi connectivity index (χ1n) is 6.73. The maximum Gasteiger partial charge on any atom is 0.163 e. The molecule has 17 heavy (non-hydrogen) atoms. The summed E-state index contributed by atoms with van der Waals surface area (Å²) in [6.07, 6.45) is 4.51. The van der Waals surface area contributed by atoms with Crippen LogP contribution in [-0.2, 0) is 0 Å². The van der Waals surface area contributed by atoms with Crippen molar-refractivity contribution >= 4 is 5.78 Å². The highest BCUT2D eigenvalue weighted by molar-refractivity contribution is 5.96. The second-order valence-electron chi connectivity index (χ2n) is 5.78. The topological polar surface area (TPSA) is 17.1 Å². The molecule has 1 heteroatoms. The van der Waals surface area contributed by atoms with E-state index >= 15 is 0 Å². The summed E-state index contributed by atoms with van der Waals surface area (Å²) < 4.78 is 0. The molecule has 1 nitrogen and oxygen atoms in total. The van der Waals surface area contributed by atoms with Crippen molar-refractivity contribution in [1.29, 1.82) is 0 Å². The van der Waals surface area contributed by atoms with Crippen molar-refractivity contribution in [2.45, 2.75) is 39.5 Å². The van der Waals surface area contributed by atoms with Crippen LogP contribution in [0.25, 0.3) is 0 Å². The monoisotopic (exact) mass is 230 g/mol. The number of ketones is 1. The molecule has 1 saturated carbocycles. The molecule has 0 saturated heterocycles. The molecular weight excluding hydrogens is 208 g/mol. The standard InChI is InChI=1S/C16H22O/c1-12-8-13(2)10-14(9-12)11-16(17)15-6-4-3-5-7-15/h3-7,12-14H,8-11H2,1-2H3. The lowest BCUT2D eigenvalue weighted by molar-refractivity contribution is 0.0928. The summed E-state index contributed by atoms with van der Waals surface area (Å²) in [7, 11) is 0. The molecule has 0 aromatic heterocycles. The van der Waals surface area contributed by atoms with Crippen LogP contribution in [0.2, 0.25) is 0 Å². The lowest BCUT2D eigenvalue weighted by Gasteiger charge is -2.31. The van der Waals surface area contributed by atoms with E-state index < -0.39 is 0 Å². The van der Waals surface area contributed by atoms with Crippen LogP contribution in [0, 0.1) is 17.8 Å². The first kappa shape index (κ1) is 12.3. The SMILES string of the molecule is CC1CC(C)CC(CC(=O)c2ccccc2)C1. The van der Waals surface area contributed by atoms with Gasteiger partial charge in [-0.1, -0.05) is 44.2 Å². The number of hydrogen-bond acceptors (Lipinski definition) is 1. The quantitative estimate of drug-likeness (QED) is 0.706. The minimum absolute atomic E-state index is 0.317. The van der Waals surface area contributed by atoms with E-state index in [9.17, 15) is 4.79 Å². The van der Waals surface area contributed by atoms with Gasteiger partial charge in [-0.2, -0.15) is 0 Å². The smallest absolute Gasteiger partial charge is 0.163 e. The van der Waals surface area contributed by atoms with Gasteiger partial charge in [-0.15, -0.1) is 0 Å². The number of hydrogen-bond donors (Lipinski definition) is 0. The number of benzene rings is 1. The molecule has 1 aromatic carbocycles. The highest BCUT2D eigenvalue weighted by Crippen LogP contribution is 2.35. The molecule has 1 aliphatic rings. The minimum Gasteiger partial charge on any atom is -0.294 e. The number of Topliss-reactive ketones (excluding diaryl/α,β-unsaturated/α-hetero) is 1. The Morgan fingerprint density at radius 1 is 1.06 bits per heavy atom. The maximum absolute atomic E-state index is 12.1. The van der Waals surface area contributed by atoms with E-state index in [0.29, 0.717) is 11.7 Å². The van der Waals surface area contributed by atoms with Crippen molar-refractivity contribution in [3.8, 4) is 0 Å². The molecule has 0 radical (unpaired) electrons. The molecule has 1 aromatic rings. The molecule has 0 aliphatic heterocycles. The van der Waals surface area contributed by atoms with Gasteiger partial charge in [0.25, 0.3) is 0 Å². The van der Waals surface area contributed by atoms with Crippen molar-refractivity contribution in [2.24, 2.45) is 17.8 Å². The van der Waals surface area contributed by atoms with Crippen LogP contribution in [0.5, 0.6) is 0 Å². The van der Waals surface area contributed by atoms with Crippen molar-refractivity contribution in [3.63, 3.8) is 0 Å². The fourth-order valence-electron chi connectivity index (χ4n) is 3.28. The molecule has 1 aliphatic carbocycles. The average Bonchev–Trinajstić information content (AvgIpc) is 2.28. The molecule has 2 atom stereocenters. The van der Waals surface area contributed by atoms with Gasteiger partial charge in [-0.25, -0.2) is 0 Å². The van der Waals surface area contributed by atoms with Gasteiger partial charge in [0, 0.05) is 12.0 Å². The highest BCUT2D eigenvalue weighted by Gasteiger charge is 2.25. The van der Waals surface area contributed by atoms with Gasteiger partial charge < -0.3 is 0 Å². The fraction of sp³-hybridized carbons (Fsp3) is 0.562. The number of carbonyl (C=O) groups excluding carboxylic acids is 1. The van der Waals surface area contributed by atoms with Gasteiger partial charge >= 0.3 is 0 Å². The molecule has 2 unspecified atom stereocenters. The van der Waals surface area contributed by atoms with Crippen LogP contribution in [0.15, 0.2) is 30.3 Å². The first-order valence-corrected chi connectivity index (χ1v) is 6.73. The summed E-state index contributed by atoms with van der Waals surface area (Å²) in [6.45, 7) is 4.63. The highest BCUT2D eigenvalue weighted by atomic mass is 16.1. The normalized spacial score (nSPS) is 28.9. The molecule has 0 spiro atoms. The summed E-state index contributed by atoms with van der Waals surface area (Å²) >= 11 is 0. The zero-order valence-corrected chi connectivity index (χ0v) is 10.9. The van der Waals surface area contributed by atoms with E-state index in [-0.39, 0.29) is 0 Å². The van der Waals surface area contributed by atoms with E-state index in [4.69, 9.17) is 0 Å². The van der Waals surface area contributed by atoms with Crippen LogP contribution in [0.1, 0.15) is 49.9 Å². The van der Waals surface area contributed by atoms with Crippen LogP contribution in [0.3, 0.4) is 0 Å². The Morgan fingerprint density at radius 2 is 1.65 bits per heavy atom. The van der Waals surface area contributed by atoms with Crippen molar-refractivity contribution in [2.75, 3.05) is 0 Å². The second kappa shape index (κ2) is 5.48. The molecule has 0 amide bonds.